The Balaban J connectivity index is 0.00000115. The minimum absolute atomic E-state index is 0. The maximum atomic E-state index is 9.30. The van der Waals surface area contributed by atoms with E-state index in [4.69, 9.17) is 4.66 Å². The molecule has 0 fully saturated rings. The summed E-state index contributed by atoms with van der Waals surface area (Å²) in [4.78, 5) is 0. The fourth-order valence-corrected chi connectivity index (χ4v) is 1.92. The molecule has 2 N–H and O–H groups in total. The zero-order valence-corrected chi connectivity index (χ0v) is 14.6. The number of halogens is 1. The SMILES string of the molecule is CC(C)(c1ccc(O)cc1)c1ccc(O)cc1.[Na+].[O-]Cl. The smallest absolute Gasteiger partial charge is 0.769 e. The number of aromatic hydroxyl groups is 2. The Kier molecular flexibility index (Phi) is 8.25. The number of phenols is 2. The third kappa shape index (κ3) is 4.69. The third-order valence-electron chi connectivity index (χ3n) is 3.18. The second-order valence-corrected chi connectivity index (χ2v) is 4.72. The Bertz CT molecular complexity index is 462. The van der Waals surface area contributed by atoms with Crippen LogP contribution in [0, 0.1) is 0 Å². The Morgan fingerprint density at radius 3 is 1.25 bits per heavy atom. The summed E-state index contributed by atoms with van der Waals surface area (Å²) in [5.41, 5.74) is 2.10. The molecule has 0 heterocycles. The van der Waals surface area contributed by atoms with Gasteiger partial charge >= 0.3 is 29.6 Å². The second-order valence-electron chi connectivity index (χ2n) is 4.72. The summed E-state index contributed by atoms with van der Waals surface area (Å²) in [7, 11) is 0. The fraction of sp³-hybridized carbons (Fsp3) is 0.200. The molecule has 102 valence electrons. The molecule has 0 amide bonds. The average molecular weight is 303 g/mol. The first kappa shape index (κ1) is 19.3. The van der Waals surface area contributed by atoms with Crippen LogP contribution in [0.5, 0.6) is 11.5 Å². The van der Waals surface area contributed by atoms with Gasteiger partial charge in [-0.15, -0.1) is 0 Å². The van der Waals surface area contributed by atoms with Gasteiger partial charge in [0.1, 0.15) is 11.5 Å². The second kappa shape index (κ2) is 8.55. The Morgan fingerprint density at radius 2 is 1.00 bits per heavy atom. The number of hydrogen-bond acceptors (Lipinski definition) is 3. The monoisotopic (exact) mass is 302 g/mol. The maximum absolute atomic E-state index is 9.30. The molecule has 0 saturated heterocycles. The first-order chi connectivity index (χ1) is 9.00. The molecule has 2 aromatic carbocycles. The van der Waals surface area contributed by atoms with Gasteiger partial charge in [-0.25, -0.2) is 11.9 Å². The van der Waals surface area contributed by atoms with Gasteiger partial charge in [-0.1, -0.05) is 38.1 Å². The standard InChI is InChI=1S/C15H16O2.ClO.Na/c1-15(2,11-3-7-13(16)8-4-11)12-5-9-14(17)10-6-12;1-2;/h3-10,16-17H,1-2H3;;/q;-1;+1. The van der Waals surface area contributed by atoms with Crippen LogP contribution in [0.15, 0.2) is 48.5 Å². The molecule has 0 aliphatic rings. The van der Waals surface area contributed by atoms with Gasteiger partial charge in [0.05, 0.1) is 0 Å². The molecule has 2 rings (SSSR count). The number of hydrogen-bond donors (Lipinski definition) is 2. The van der Waals surface area contributed by atoms with Gasteiger partial charge in [0, 0.05) is 5.41 Å². The summed E-state index contributed by atoms with van der Waals surface area (Å²) in [5.74, 6) is 0.547. The van der Waals surface area contributed by atoms with E-state index in [0.29, 0.717) is 0 Å². The summed E-state index contributed by atoms with van der Waals surface area (Å²) in [6.45, 7) is 4.23. The first-order valence-electron chi connectivity index (χ1n) is 5.74. The predicted molar refractivity (Wildman–Crippen MR) is 74.2 cm³/mol. The molecular weight excluding hydrogens is 287 g/mol. The van der Waals surface area contributed by atoms with Gasteiger partial charge in [-0.2, -0.15) is 0 Å². The minimum Gasteiger partial charge on any atom is -0.769 e. The van der Waals surface area contributed by atoms with Crippen molar-refractivity contribution in [2.75, 3.05) is 0 Å². The quantitative estimate of drug-likeness (QED) is 0.763. The Hall–Kier alpha value is -0.710. The van der Waals surface area contributed by atoms with Crippen LogP contribution in [0.25, 0.3) is 0 Å². The van der Waals surface area contributed by atoms with E-state index in [2.05, 4.69) is 25.7 Å². The molecule has 20 heavy (non-hydrogen) atoms. The van der Waals surface area contributed by atoms with E-state index in [1.165, 1.54) is 0 Å². The van der Waals surface area contributed by atoms with Crippen molar-refractivity contribution in [3.05, 3.63) is 59.7 Å². The molecule has 0 unspecified atom stereocenters. The summed E-state index contributed by atoms with van der Waals surface area (Å²) < 4.78 is 7.72. The van der Waals surface area contributed by atoms with Crippen LogP contribution >= 0.6 is 11.9 Å². The molecule has 5 heteroatoms. The zero-order chi connectivity index (χ0) is 14.5. The third-order valence-corrected chi connectivity index (χ3v) is 3.18. The molecule has 0 radical (unpaired) electrons. The fourth-order valence-electron chi connectivity index (χ4n) is 1.92. The van der Waals surface area contributed by atoms with Crippen molar-refractivity contribution in [1.82, 2.24) is 0 Å². The van der Waals surface area contributed by atoms with Gasteiger partial charge < -0.3 is 14.9 Å². The summed E-state index contributed by atoms with van der Waals surface area (Å²) in [6, 6.07) is 14.4. The molecule has 2 aromatic rings. The molecule has 3 nitrogen and oxygen atoms in total. The van der Waals surface area contributed by atoms with Gasteiger partial charge in [-0.05, 0) is 35.4 Å². The number of rotatable bonds is 2. The molecule has 0 bridgehead atoms. The van der Waals surface area contributed by atoms with E-state index in [0.717, 1.165) is 11.1 Å². The normalized spacial score (nSPS) is 10.0. The maximum Gasteiger partial charge on any atom is 1.00 e. The molecule has 0 atom stereocenters. The van der Waals surface area contributed by atoms with Crippen LogP contribution in [0.3, 0.4) is 0 Å². The van der Waals surface area contributed by atoms with Crippen molar-refractivity contribution in [2.24, 2.45) is 0 Å². The van der Waals surface area contributed by atoms with Gasteiger partial charge in [0.15, 0.2) is 0 Å². The van der Waals surface area contributed by atoms with Crippen LogP contribution in [-0.4, -0.2) is 10.2 Å². The number of phenolic OH excluding ortho intramolecular Hbond substituents is 2. The first-order valence-corrected chi connectivity index (χ1v) is 6.05. The molecule has 0 aliphatic heterocycles. The topological polar surface area (TPSA) is 63.5 Å². The van der Waals surface area contributed by atoms with Crippen LogP contribution in [0.2, 0.25) is 0 Å². The molecule has 0 saturated carbocycles. The van der Waals surface area contributed by atoms with Crippen molar-refractivity contribution in [2.45, 2.75) is 19.3 Å². The number of benzene rings is 2. The summed E-state index contributed by atoms with van der Waals surface area (Å²) in [5, 5.41) is 18.6. The molecule has 0 aromatic heterocycles. The Labute approximate surface area is 146 Å². The van der Waals surface area contributed by atoms with Crippen molar-refractivity contribution >= 4 is 11.9 Å². The van der Waals surface area contributed by atoms with Crippen molar-refractivity contribution < 1.29 is 44.4 Å². The van der Waals surface area contributed by atoms with E-state index >= 15 is 0 Å². The van der Waals surface area contributed by atoms with Crippen molar-refractivity contribution in [1.29, 1.82) is 0 Å². The Morgan fingerprint density at radius 1 is 0.750 bits per heavy atom. The van der Waals surface area contributed by atoms with E-state index < -0.39 is 0 Å². The van der Waals surface area contributed by atoms with Crippen LogP contribution in [0.1, 0.15) is 25.0 Å². The van der Waals surface area contributed by atoms with Crippen LogP contribution in [0.4, 0.5) is 0 Å². The van der Waals surface area contributed by atoms with Crippen LogP contribution in [-0.2, 0) is 5.41 Å². The summed E-state index contributed by atoms with van der Waals surface area (Å²) in [6.07, 6.45) is 0. The predicted octanol–water partition coefficient (Wildman–Crippen LogP) is -0.0718. The van der Waals surface area contributed by atoms with Gasteiger partial charge in [0.2, 0.25) is 0 Å². The summed E-state index contributed by atoms with van der Waals surface area (Å²) >= 11 is 3.39. The van der Waals surface area contributed by atoms with E-state index in [1.807, 2.05) is 24.3 Å². The molecular formula is C15H16ClNaO3. The van der Waals surface area contributed by atoms with Crippen molar-refractivity contribution in [3.8, 4) is 11.5 Å². The van der Waals surface area contributed by atoms with E-state index in [9.17, 15) is 10.2 Å². The van der Waals surface area contributed by atoms with Crippen LogP contribution < -0.4 is 34.2 Å². The van der Waals surface area contributed by atoms with Crippen molar-refractivity contribution in [3.63, 3.8) is 0 Å². The minimum atomic E-state index is -0.151. The molecule has 0 spiro atoms. The average Bonchev–Trinajstić information content (AvgIpc) is 2.42. The zero-order valence-electron chi connectivity index (χ0n) is 11.8. The van der Waals surface area contributed by atoms with Gasteiger partial charge in [0.25, 0.3) is 0 Å². The van der Waals surface area contributed by atoms with E-state index in [-0.39, 0.29) is 46.5 Å². The largest absolute Gasteiger partial charge is 1.00 e. The van der Waals surface area contributed by atoms with Gasteiger partial charge in [-0.3, -0.25) is 0 Å². The molecule has 0 aliphatic carbocycles. The van der Waals surface area contributed by atoms with E-state index in [1.54, 1.807) is 24.3 Å².